The Kier molecular flexibility index (Phi) is 9.56. The van der Waals surface area contributed by atoms with Crippen molar-refractivity contribution in [3.05, 3.63) is 0 Å². The molecule has 0 atom stereocenters. The molecule has 0 bridgehead atoms. The first-order chi connectivity index (χ1) is 9.34. The number of carbonyl (C=O) groups is 1. The van der Waals surface area contributed by atoms with Crippen LogP contribution in [0.3, 0.4) is 0 Å². The van der Waals surface area contributed by atoms with Crippen molar-refractivity contribution in [2.24, 2.45) is 0 Å². The van der Waals surface area contributed by atoms with Crippen molar-refractivity contribution < 1.29 is 4.79 Å². The first kappa shape index (κ1) is 16.3. The van der Waals surface area contributed by atoms with Gasteiger partial charge in [-0.25, -0.2) is 4.79 Å². The van der Waals surface area contributed by atoms with Crippen LogP contribution in [0.1, 0.15) is 77.6 Å². The first-order valence-corrected chi connectivity index (χ1v) is 8.37. The fourth-order valence-corrected chi connectivity index (χ4v) is 2.35. The lowest BCUT2D eigenvalue weighted by atomic mass is 10.1. The summed E-state index contributed by atoms with van der Waals surface area (Å²) >= 11 is 0. The molecule has 1 aliphatic rings. The van der Waals surface area contributed by atoms with Crippen LogP contribution < -0.4 is 5.32 Å². The van der Waals surface area contributed by atoms with Crippen molar-refractivity contribution in [2.75, 3.05) is 19.6 Å². The third kappa shape index (κ3) is 9.80. The van der Waals surface area contributed by atoms with Crippen LogP contribution in [0.5, 0.6) is 0 Å². The molecular weight excluding hydrogens is 236 g/mol. The molecule has 3 heteroatoms. The van der Waals surface area contributed by atoms with Gasteiger partial charge in [0.25, 0.3) is 0 Å². The monoisotopic (exact) mass is 268 g/mol. The average molecular weight is 268 g/mol. The van der Waals surface area contributed by atoms with Gasteiger partial charge in [0, 0.05) is 19.6 Å². The zero-order valence-electron chi connectivity index (χ0n) is 12.8. The van der Waals surface area contributed by atoms with Crippen molar-refractivity contribution in [2.45, 2.75) is 77.6 Å². The number of nitrogens with zero attached hydrogens (tertiary/aromatic N) is 1. The molecule has 0 unspecified atom stereocenters. The number of unbranched alkanes of at least 4 members (excludes halogenated alkanes) is 10. The Morgan fingerprint density at radius 1 is 0.842 bits per heavy atom. The molecule has 112 valence electrons. The van der Waals surface area contributed by atoms with Gasteiger partial charge in [0.05, 0.1) is 0 Å². The van der Waals surface area contributed by atoms with Gasteiger partial charge in [-0.2, -0.15) is 0 Å². The SMILES string of the molecule is CCCCCCCCCCCCCNC(=O)N1CC1. The van der Waals surface area contributed by atoms with E-state index in [4.69, 9.17) is 0 Å². The van der Waals surface area contributed by atoms with Crippen molar-refractivity contribution in [1.82, 2.24) is 10.2 Å². The van der Waals surface area contributed by atoms with Gasteiger partial charge in [0.15, 0.2) is 0 Å². The molecule has 0 radical (unpaired) electrons. The Bertz CT molecular complexity index is 227. The van der Waals surface area contributed by atoms with Gasteiger partial charge in [-0.1, -0.05) is 71.1 Å². The van der Waals surface area contributed by atoms with E-state index in [0.717, 1.165) is 26.1 Å². The fourth-order valence-electron chi connectivity index (χ4n) is 2.35. The molecule has 1 aliphatic heterocycles. The minimum absolute atomic E-state index is 0.132. The predicted octanol–water partition coefficient (Wildman–Crippen LogP) is 4.32. The summed E-state index contributed by atoms with van der Waals surface area (Å²) in [5.41, 5.74) is 0. The molecule has 0 aliphatic carbocycles. The van der Waals surface area contributed by atoms with Gasteiger partial charge in [0.1, 0.15) is 0 Å². The summed E-state index contributed by atoms with van der Waals surface area (Å²) in [7, 11) is 0. The summed E-state index contributed by atoms with van der Waals surface area (Å²) in [5, 5.41) is 2.96. The van der Waals surface area contributed by atoms with Gasteiger partial charge in [-0.3, -0.25) is 0 Å². The van der Waals surface area contributed by atoms with Crippen LogP contribution in [0.15, 0.2) is 0 Å². The number of rotatable bonds is 12. The maximum absolute atomic E-state index is 11.3. The number of hydrogen-bond acceptors (Lipinski definition) is 1. The second-order valence-corrected chi connectivity index (χ2v) is 5.75. The predicted molar refractivity (Wildman–Crippen MR) is 81.4 cm³/mol. The van der Waals surface area contributed by atoms with Crippen LogP contribution in [0.4, 0.5) is 4.79 Å². The van der Waals surface area contributed by atoms with E-state index in [1.807, 2.05) is 4.90 Å². The summed E-state index contributed by atoms with van der Waals surface area (Å²) in [6.07, 6.45) is 14.9. The Hall–Kier alpha value is -0.730. The van der Waals surface area contributed by atoms with Crippen LogP contribution in [0.2, 0.25) is 0 Å². The summed E-state index contributed by atoms with van der Waals surface area (Å²) in [6.45, 7) is 5.02. The van der Waals surface area contributed by atoms with E-state index < -0.39 is 0 Å². The normalized spacial score (nSPS) is 13.6. The highest BCUT2D eigenvalue weighted by Crippen LogP contribution is 2.11. The van der Waals surface area contributed by atoms with Crippen molar-refractivity contribution in [3.8, 4) is 0 Å². The first-order valence-electron chi connectivity index (χ1n) is 8.37. The van der Waals surface area contributed by atoms with Gasteiger partial charge in [0.2, 0.25) is 0 Å². The summed E-state index contributed by atoms with van der Waals surface area (Å²) < 4.78 is 0. The lowest BCUT2D eigenvalue weighted by Crippen LogP contribution is -2.29. The number of urea groups is 1. The van der Waals surface area contributed by atoms with Crippen molar-refractivity contribution in [1.29, 1.82) is 0 Å². The molecule has 0 saturated carbocycles. The van der Waals surface area contributed by atoms with E-state index in [0.29, 0.717) is 0 Å². The number of amides is 2. The maximum Gasteiger partial charge on any atom is 0.317 e. The summed E-state index contributed by atoms with van der Waals surface area (Å²) in [5.74, 6) is 0. The molecule has 2 amide bonds. The molecular formula is C16H32N2O. The Morgan fingerprint density at radius 2 is 1.32 bits per heavy atom. The van der Waals surface area contributed by atoms with Crippen molar-refractivity contribution in [3.63, 3.8) is 0 Å². The molecule has 3 nitrogen and oxygen atoms in total. The smallest absolute Gasteiger partial charge is 0.317 e. The highest BCUT2D eigenvalue weighted by atomic mass is 16.2. The fraction of sp³-hybridized carbons (Fsp3) is 0.938. The van der Waals surface area contributed by atoms with Crippen LogP contribution in [0, 0.1) is 0 Å². The zero-order valence-corrected chi connectivity index (χ0v) is 12.8. The molecule has 0 aromatic heterocycles. The Labute approximate surface area is 119 Å². The zero-order chi connectivity index (χ0) is 13.8. The second-order valence-electron chi connectivity index (χ2n) is 5.75. The largest absolute Gasteiger partial charge is 0.338 e. The molecule has 0 aromatic carbocycles. The lowest BCUT2D eigenvalue weighted by Gasteiger charge is -2.05. The molecule has 0 aromatic rings. The Balaban J connectivity index is 1.68. The molecule has 1 N–H and O–H groups in total. The van der Waals surface area contributed by atoms with Gasteiger partial charge >= 0.3 is 6.03 Å². The standard InChI is InChI=1S/C16H32N2O/c1-2-3-4-5-6-7-8-9-10-11-12-13-17-16(19)18-14-15-18/h2-15H2,1H3,(H,17,19). The van der Waals surface area contributed by atoms with Gasteiger partial charge < -0.3 is 10.2 Å². The van der Waals surface area contributed by atoms with E-state index in [-0.39, 0.29) is 6.03 Å². The van der Waals surface area contributed by atoms with Crippen molar-refractivity contribution >= 4 is 6.03 Å². The number of carbonyl (C=O) groups excluding carboxylic acids is 1. The molecule has 1 fully saturated rings. The Morgan fingerprint density at radius 3 is 1.79 bits per heavy atom. The van der Waals surface area contributed by atoms with Gasteiger partial charge in [-0.15, -0.1) is 0 Å². The lowest BCUT2D eigenvalue weighted by molar-refractivity contribution is 0.229. The summed E-state index contributed by atoms with van der Waals surface area (Å²) in [6, 6.07) is 0.132. The maximum atomic E-state index is 11.3. The van der Waals surface area contributed by atoms with Crippen LogP contribution in [0.25, 0.3) is 0 Å². The minimum atomic E-state index is 0.132. The average Bonchev–Trinajstić information content (AvgIpc) is 3.24. The molecule has 0 spiro atoms. The highest BCUT2D eigenvalue weighted by Gasteiger charge is 2.22. The summed E-state index contributed by atoms with van der Waals surface area (Å²) in [4.78, 5) is 13.1. The second kappa shape index (κ2) is 11.1. The molecule has 19 heavy (non-hydrogen) atoms. The third-order valence-corrected chi connectivity index (χ3v) is 3.79. The molecule has 1 rings (SSSR count). The number of nitrogens with one attached hydrogen (secondary N) is 1. The van der Waals surface area contributed by atoms with E-state index in [2.05, 4.69) is 12.2 Å². The van der Waals surface area contributed by atoms with E-state index >= 15 is 0 Å². The molecule has 1 saturated heterocycles. The quantitative estimate of drug-likeness (QED) is 0.415. The van der Waals surface area contributed by atoms with E-state index in [1.165, 1.54) is 64.2 Å². The van der Waals surface area contributed by atoms with E-state index in [1.54, 1.807) is 0 Å². The minimum Gasteiger partial charge on any atom is -0.338 e. The third-order valence-electron chi connectivity index (χ3n) is 3.79. The van der Waals surface area contributed by atoms with Gasteiger partial charge in [-0.05, 0) is 6.42 Å². The molecule has 1 heterocycles. The van der Waals surface area contributed by atoms with E-state index in [9.17, 15) is 4.79 Å². The van der Waals surface area contributed by atoms with Crippen LogP contribution in [-0.4, -0.2) is 30.6 Å². The highest BCUT2D eigenvalue weighted by molar-refractivity contribution is 5.76. The van der Waals surface area contributed by atoms with Crippen LogP contribution >= 0.6 is 0 Å². The van der Waals surface area contributed by atoms with Crippen LogP contribution in [-0.2, 0) is 0 Å². The topological polar surface area (TPSA) is 32.1 Å². The number of hydrogen-bond donors (Lipinski definition) is 1.